The summed E-state index contributed by atoms with van der Waals surface area (Å²) in [7, 11) is 0. The van der Waals surface area contributed by atoms with E-state index in [9.17, 15) is 22.8 Å². The second kappa shape index (κ2) is 7.37. The van der Waals surface area contributed by atoms with Crippen LogP contribution in [0.5, 0.6) is 0 Å². The minimum absolute atomic E-state index is 0.172. The van der Waals surface area contributed by atoms with Crippen molar-refractivity contribution >= 4 is 11.9 Å². The lowest BCUT2D eigenvalue weighted by Gasteiger charge is -2.40. The summed E-state index contributed by atoms with van der Waals surface area (Å²) < 4.78 is 37.4. The third-order valence-corrected chi connectivity index (χ3v) is 4.27. The molecule has 2 atom stereocenters. The van der Waals surface area contributed by atoms with Gasteiger partial charge in [0.1, 0.15) is 6.04 Å². The first-order valence-corrected chi connectivity index (χ1v) is 7.90. The molecule has 0 spiro atoms. The second-order valence-electron chi connectivity index (χ2n) is 6.17. The number of nitrogens with zero attached hydrogens (tertiary/aromatic N) is 2. The minimum atomic E-state index is -4.24. The highest BCUT2D eigenvalue weighted by Gasteiger charge is 2.36. The molecular weight excluding hydrogens is 313 g/mol. The van der Waals surface area contributed by atoms with Crippen LogP contribution in [-0.2, 0) is 4.79 Å². The van der Waals surface area contributed by atoms with E-state index >= 15 is 0 Å². The topological polar surface area (TPSA) is 64.7 Å². The first kappa shape index (κ1) is 17.8. The zero-order valence-electron chi connectivity index (χ0n) is 13.2. The van der Waals surface area contributed by atoms with Gasteiger partial charge in [0.25, 0.3) is 0 Å². The van der Waals surface area contributed by atoms with E-state index in [1.54, 1.807) is 6.92 Å². The second-order valence-corrected chi connectivity index (χ2v) is 6.17. The molecule has 0 aliphatic carbocycles. The lowest BCUT2D eigenvalue weighted by atomic mass is 10.1. The summed E-state index contributed by atoms with van der Waals surface area (Å²) in [5, 5.41) is 5.44. The molecule has 132 valence electrons. The van der Waals surface area contributed by atoms with Crippen molar-refractivity contribution in [2.45, 2.75) is 44.4 Å². The summed E-state index contributed by atoms with van der Waals surface area (Å²) in [6.45, 7) is 1.93. The molecule has 2 saturated heterocycles. The van der Waals surface area contributed by atoms with Gasteiger partial charge in [-0.05, 0) is 26.2 Å². The molecule has 0 bridgehead atoms. The van der Waals surface area contributed by atoms with Crippen molar-refractivity contribution in [2.75, 3.05) is 32.7 Å². The van der Waals surface area contributed by atoms with Gasteiger partial charge in [0, 0.05) is 32.2 Å². The summed E-state index contributed by atoms with van der Waals surface area (Å²) in [6.07, 6.45) is -1.93. The molecule has 6 nitrogen and oxygen atoms in total. The van der Waals surface area contributed by atoms with Crippen LogP contribution in [-0.4, -0.2) is 72.7 Å². The van der Waals surface area contributed by atoms with Crippen LogP contribution >= 0.6 is 0 Å². The lowest BCUT2D eigenvalue weighted by molar-refractivity contribution is -0.153. The Morgan fingerprint density at radius 3 is 2.74 bits per heavy atom. The van der Waals surface area contributed by atoms with Crippen LogP contribution in [0.15, 0.2) is 0 Å². The Bertz CT molecular complexity index is 444. The van der Waals surface area contributed by atoms with Crippen LogP contribution < -0.4 is 10.6 Å². The Balaban J connectivity index is 1.85. The number of nitrogens with one attached hydrogen (secondary N) is 2. The van der Waals surface area contributed by atoms with E-state index in [0.29, 0.717) is 13.0 Å². The fourth-order valence-electron chi connectivity index (χ4n) is 2.96. The molecule has 9 heteroatoms. The predicted molar refractivity (Wildman–Crippen MR) is 77.8 cm³/mol. The SMILES string of the molecule is CC1CN(C(=O)NC2CCCCNC2=O)CCN1CC(F)(F)F. The van der Waals surface area contributed by atoms with Gasteiger partial charge in [-0.1, -0.05) is 0 Å². The van der Waals surface area contributed by atoms with Gasteiger partial charge in [-0.25, -0.2) is 4.79 Å². The molecule has 2 aliphatic rings. The summed E-state index contributed by atoms with van der Waals surface area (Å²) in [4.78, 5) is 26.9. The summed E-state index contributed by atoms with van der Waals surface area (Å²) in [5.41, 5.74) is 0. The van der Waals surface area contributed by atoms with Gasteiger partial charge in [-0.3, -0.25) is 9.69 Å². The number of rotatable bonds is 2. The van der Waals surface area contributed by atoms with E-state index in [-0.39, 0.29) is 37.6 Å². The van der Waals surface area contributed by atoms with Gasteiger partial charge < -0.3 is 15.5 Å². The number of carbonyl (C=O) groups excluding carboxylic acids is 2. The average Bonchev–Trinajstić information content (AvgIpc) is 2.65. The zero-order chi connectivity index (χ0) is 17.0. The number of carbonyl (C=O) groups is 2. The fourth-order valence-corrected chi connectivity index (χ4v) is 2.96. The van der Waals surface area contributed by atoms with E-state index in [2.05, 4.69) is 10.6 Å². The molecule has 2 aliphatic heterocycles. The molecule has 2 heterocycles. The van der Waals surface area contributed by atoms with Crippen molar-refractivity contribution < 1.29 is 22.8 Å². The maximum atomic E-state index is 12.5. The normalized spacial score (nSPS) is 27.3. The van der Waals surface area contributed by atoms with Crippen LogP contribution in [0.1, 0.15) is 26.2 Å². The van der Waals surface area contributed by atoms with Crippen LogP contribution in [0.25, 0.3) is 0 Å². The van der Waals surface area contributed by atoms with Gasteiger partial charge in [0.2, 0.25) is 5.91 Å². The number of hydrogen-bond donors (Lipinski definition) is 2. The molecule has 3 amide bonds. The Morgan fingerprint density at radius 2 is 2.09 bits per heavy atom. The van der Waals surface area contributed by atoms with E-state index in [1.165, 1.54) is 9.80 Å². The quantitative estimate of drug-likeness (QED) is 0.789. The van der Waals surface area contributed by atoms with E-state index in [0.717, 1.165) is 12.8 Å². The first-order valence-electron chi connectivity index (χ1n) is 7.90. The van der Waals surface area contributed by atoms with E-state index in [1.807, 2.05) is 0 Å². The van der Waals surface area contributed by atoms with Crippen molar-refractivity contribution in [3.8, 4) is 0 Å². The highest BCUT2D eigenvalue weighted by molar-refractivity contribution is 5.87. The molecule has 0 aromatic rings. The monoisotopic (exact) mass is 336 g/mol. The van der Waals surface area contributed by atoms with Crippen molar-refractivity contribution in [1.29, 1.82) is 0 Å². The lowest BCUT2D eigenvalue weighted by Crippen LogP contribution is -2.59. The van der Waals surface area contributed by atoms with E-state index in [4.69, 9.17) is 0 Å². The molecule has 0 aromatic heterocycles. The number of piperazine rings is 1. The highest BCUT2D eigenvalue weighted by atomic mass is 19.4. The standard InChI is InChI=1S/C14H23F3N4O2/c1-10-8-20(6-7-21(10)9-14(15,16)17)13(23)19-11-4-2-3-5-18-12(11)22/h10-11H,2-9H2,1H3,(H,18,22)(H,19,23). The highest BCUT2D eigenvalue weighted by Crippen LogP contribution is 2.20. The molecule has 0 radical (unpaired) electrons. The van der Waals surface area contributed by atoms with Crippen molar-refractivity contribution in [3.63, 3.8) is 0 Å². The van der Waals surface area contributed by atoms with Gasteiger partial charge >= 0.3 is 12.2 Å². The Hall–Kier alpha value is -1.51. The number of urea groups is 1. The van der Waals surface area contributed by atoms with E-state index < -0.39 is 18.8 Å². The van der Waals surface area contributed by atoms with Gasteiger partial charge in [0.15, 0.2) is 0 Å². The molecular formula is C14H23F3N4O2. The summed E-state index contributed by atoms with van der Waals surface area (Å²) in [5.74, 6) is -0.195. The predicted octanol–water partition coefficient (Wildman–Crippen LogP) is 0.933. The number of alkyl halides is 3. The Labute approximate surface area is 133 Å². The molecule has 2 N–H and O–H groups in total. The van der Waals surface area contributed by atoms with Crippen LogP contribution in [0.3, 0.4) is 0 Å². The van der Waals surface area contributed by atoms with Gasteiger partial charge in [-0.15, -0.1) is 0 Å². The number of halogens is 3. The Kier molecular flexibility index (Phi) is 5.72. The summed E-state index contributed by atoms with van der Waals surface area (Å²) >= 11 is 0. The maximum Gasteiger partial charge on any atom is 0.401 e. The smallest absolute Gasteiger partial charge is 0.354 e. The maximum absolute atomic E-state index is 12.5. The largest absolute Gasteiger partial charge is 0.401 e. The Morgan fingerprint density at radius 1 is 1.35 bits per heavy atom. The number of amides is 3. The zero-order valence-corrected chi connectivity index (χ0v) is 13.2. The van der Waals surface area contributed by atoms with Gasteiger partial charge in [0.05, 0.1) is 6.54 Å². The molecule has 0 aromatic carbocycles. The molecule has 23 heavy (non-hydrogen) atoms. The third-order valence-electron chi connectivity index (χ3n) is 4.27. The molecule has 2 rings (SSSR count). The van der Waals surface area contributed by atoms with Crippen molar-refractivity contribution in [2.24, 2.45) is 0 Å². The van der Waals surface area contributed by atoms with Crippen molar-refractivity contribution in [1.82, 2.24) is 20.4 Å². The number of hydrogen-bond acceptors (Lipinski definition) is 3. The summed E-state index contributed by atoms with van der Waals surface area (Å²) in [6, 6.07) is -1.32. The molecule has 2 unspecified atom stereocenters. The minimum Gasteiger partial charge on any atom is -0.354 e. The van der Waals surface area contributed by atoms with Crippen LogP contribution in [0, 0.1) is 0 Å². The molecule has 2 fully saturated rings. The molecule has 0 saturated carbocycles. The van der Waals surface area contributed by atoms with Crippen molar-refractivity contribution in [3.05, 3.63) is 0 Å². The third kappa shape index (κ3) is 5.26. The first-order chi connectivity index (χ1) is 10.8. The fraction of sp³-hybridized carbons (Fsp3) is 0.857. The average molecular weight is 336 g/mol. The van der Waals surface area contributed by atoms with Gasteiger partial charge in [-0.2, -0.15) is 13.2 Å². The van der Waals surface area contributed by atoms with Crippen LogP contribution in [0.2, 0.25) is 0 Å². The van der Waals surface area contributed by atoms with Crippen LogP contribution in [0.4, 0.5) is 18.0 Å².